The van der Waals surface area contributed by atoms with Crippen molar-refractivity contribution >= 4 is 32.7 Å². The summed E-state index contributed by atoms with van der Waals surface area (Å²) in [5.74, 6) is -1.25. The van der Waals surface area contributed by atoms with Gasteiger partial charge < -0.3 is 14.4 Å². The maximum atomic E-state index is 13.1. The zero-order chi connectivity index (χ0) is 18.7. The number of hydrogen-bond donors (Lipinski definition) is 1. The first-order valence-corrected chi connectivity index (χ1v) is 12.4. The SMILES string of the molecule is CCC(O[SiH](C)C)([C@@H]1C(=O)N2[C@@H]1SC(C)(C)[C@@H]2C(=O)O)C(C)(C)C. The summed E-state index contributed by atoms with van der Waals surface area (Å²) >= 11 is 1.61. The predicted molar refractivity (Wildman–Crippen MR) is 99.7 cm³/mol. The summed E-state index contributed by atoms with van der Waals surface area (Å²) in [4.78, 5) is 26.4. The standard InChI is InChI=1S/C17H31NO4SSi/c1-9-17(15(2,3)4,22-24(7)8)10-12(19)18-11(14(20)21)16(5,6)23-13(10)18/h10-11,13,24H,9H2,1-8H3,(H,20,21)/t10-,11+,13-,17?/m1/s1. The number of carboxylic acid groups (broad SMARTS) is 1. The molecule has 2 aliphatic heterocycles. The van der Waals surface area contributed by atoms with E-state index >= 15 is 0 Å². The summed E-state index contributed by atoms with van der Waals surface area (Å²) in [6.45, 7) is 16.6. The molecule has 0 radical (unpaired) electrons. The summed E-state index contributed by atoms with van der Waals surface area (Å²) in [7, 11) is -1.38. The minimum atomic E-state index is -1.38. The number of carbonyl (C=O) groups is 2. The van der Waals surface area contributed by atoms with Crippen molar-refractivity contribution in [1.82, 2.24) is 4.90 Å². The molecule has 2 fully saturated rings. The number of β-lactam (4-membered cyclic amide) rings is 1. The highest BCUT2D eigenvalue weighted by Gasteiger charge is 2.70. The fourth-order valence-electron chi connectivity index (χ4n) is 4.41. The zero-order valence-electron chi connectivity index (χ0n) is 16.0. The van der Waals surface area contributed by atoms with Gasteiger partial charge in [-0.2, -0.15) is 0 Å². The van der Waals surface area contributed by atoms with Gasteiger partial charge in [0, 0.05) is 4.75 Å². The topological polar surface area (TPSA) is 66.8 Å². The van der Waals surface area contributed by atoms with Crippen LogP contribution in [-0.2, 0) is 14.0 Å². The molecular weight excluding hydrogens is 342 g/mol. The number of thioether (sulfide) groups is 1. The van der Waals surface area contributed by atoms with Gasteiger partial charge in [0.25, 0.3) is 0 Å². The molecule has 1 N–H and O–H groups in total. The van der Waals surface area contributed by atoms with Crippen molar-refractivity contribution in [3.63, 3.8) is 0 Å². The molecule has 0 aromatic heterocycles. The molecule has 4 atom stereocenters. The van der Waals surface area contributed by atoms with E-state index in [1.54, 1.807) is 16.7 Å². The molecule has 2 aliphatic rings. The first kappa shape index (κ1) is 19.8. The quantitative estimate of drug-likeness (QED) is 0.593. The molecule has 0 aliphatic carbocycles. The number of carboxylic acids is 1. The molecule has 2 rings (SSSR count). The zero-order valence-corrected chi connectivity index (χ0v) is 18.0. The second-order valence-electron chi connectivity index (χ2n) is 8.74. The van der Waals surface area contributed by atoms with Crippen molar-refractivity contribution in [2.45, 2.75) is 82.8 Å². The van der Waals surface area contributed by atoms with Crippen LogP contribution in [-0.4, -0.2) is 52.7 Å². The first-order valence-electron chi connectivity index (χ1n) is 8.70. The van der Waals surface area contributed by atoms with Crippen molar-refractivity contribution in [2.24, 2.45) is 11.3 Å². The normalized spacial score (nSPS) is 31.6. The van der Waals surface area contributed by atoms with Gasteiger partial charge in [0.1, 0.15) is 6.04 Å². The Kier molecular flexibility index (Phi) is 4.96. The van der Waals surface area contributed by atoms with Crippen molar-refractivity contribution in [3.8, 4) is 0 Å². The lowest BCUT2D eigenvalue weighted by Crippen LogP contribution is -2.72. The van der Waals surface area contributed by atoms with E-state index in [9.17, 15) is 14.7 Å². The van der Waals surface area contributed by atoms with Gasteiger partial charge >= 0.3 is 5.97 Å². The third-order valence-corrected chi connectivity index (χ3v) is 7.88. The van der Waals surface area contributed by atoms with Crippen molar-refractivity contribution < 1.29 is 19.1 Å². The molecule has 7 heteroatoms. The van der Waals surface area contributed by atoms with E-state index in [2.05, 4.69) is 40.8 Å². The van der Waals surface area contributed by atoms with E-state index in [4.69, 9.17) is 4.43 Å². The Balaban J connectivity index is 2.45. The van der Waals surface area contributed by atoms with E-state index in [-0.39, 0.29) is 22.6 Å². The average Bonchev–Trinajstić information content (AvgIpc) is 2.64. The van der Waals surface area contributed by atoms with Crippen LogP contribution in [0.1, 0.15) is 48.0 Å². The maximum Gasteiger partial charge on any atom is 0.327 e. The molecule has 0 aromatic carbocycles. The molecule has 0 bridgehead atoms. The molecule has 2 saturated heterocycles. The monoisotopic (exact) mass is 373 g/mol. The average molecular weight is 374 g/mol. The first-order chi connectivity index (χ1) is 10.8. The lowest BCUT2D eigenvalue weighted by atomic mass is 9.64. The highest BCUT2D eigenvalue weighted by Crippen LogP contribution is 2.60. The van der Waals surface area contributed by atoms with Crippen LogP contribution >= 0.6 is 11.8 Å². The fourth-order valence-corrected chi connectivity index (χ4v) is 7.70. The summed E-state index contributed by atoms with van der Waals surface area (Å²) < 4.78 is 6.04. The maximum absolute atomic E-state index is 13.1. The number of nitrogens with zero attached hydrogens (tertiary/aromatic N) is 1. The number of hydrogen-bond acceptors (Lipinski definition) is 4. The summed E-state index contributed by atoms with van der Waals surface area (Å²) in [5.41, 5.74) is -0.737. The minimum Gasteiger partial charge on any atom is -0.480 e. The molecule has 1 unspecified atom stereocenters. The second-order valence-corrected chi connectivity index (χ2v) is 12.8. The third kappa shape index (κ3) is 2.72. The van der Waals surface area contributed by atoms with Crippen molar-refractivity contribution in [1.29, 1.82) is 0 Å². The van der Waals surface area contributed by atoms with Crippen molar-refractivity contribution in [2.75, 3.05) is 0 Å². The lowest BCUT2D eigenvalue weighted by molar-refractivity contribution is -0.187. The molecular formula is C17H31NO4SSi. The molecule has 138 valence electrons. The summed E-state index contributed by atoms with van der Waals surface area (Å²) in [6, 6.07) is -0.762. The molecule has 5 nitrogen and oxygen atoms in total. The summed E-state index contributed by atoms with van der Waals surface area (Å²) in [5, 5.41) is 9.50. The fraction of sp³-hybridized carbons (Fsp3) is 0.882. The molecule has 2 heterocycles. The van der Waals surface area contributed by atoms with Gasteiger partial charge in [0.15, 0.2) is 9.04 Å². The highest BCUT2D eigenvalue weighted by molar-refractivity contribution is 8.01. The van der Waals surface area contributed by atoms with Gasteiger partial charge in [-0.25, -0.2) is 4.79 Å². The second kappa shape index (κ2) is 6.02. The van der Waals surface area contributed by atoms with Gasteiger partial charge in [-0.1, -0.05) is 27.7 Å². The third-order valence-electron chi connectivity index (χ3n) is 5.42. The molecule has 0 aromatic rings. The van der Waals surface area contributed by atoms with Gasteiger partial charge in [-0.15, -0.1) is 11.8 Å². The van der Waals surface area contributed by atoms with E-state index < -0.39 is 31.4 Å². The van der Waals surface area contributed by atoms with Crippen molar-refractivity contribution in [3.05, 3.63) is 0 Å². The number of rotatable bonds is 5. The molecule has 24 heavy (non-hydrogen) atoms. The Bertz CT molecular complexity index is 545. The molecule has 0 spiro atoms. The van der Waals surface area contributed by atoms with E-state index in [1.165, 1.54) is 0 Å². The van der Waals surface area contributed by atoms with Gasteiger partial charge in [-0.05, 0) is 38.8 Å². The predicted octanol–water partition coefficient (Wildman–Crippen LogP) is 2.94. The van der Waals surface area contributed by atoms with Crippen LogP contribution in [0.5, 0.6) is 0 Å². The Morgan fingerprint density at radius 2 is 1.92 bits per heavy atom. The van der Waals surface area contributed by atoms with E-state index in [0.717, 1.165) is 6.42 Å². The number of amides is 1. The smallest absolute Gasteiger partial charge is 0.327 e. The Hall–Kier alpha value is -0.533. The Morgan fingerprint density at radius 3 is 2.29 bits per heavy atom. The van der Waals surface area contributed by atoms with Crippen LogP contribution in [0.15, 0.2) is 0 Å². The summed E-state index contributed by atoms with van der Waals surface area (Å²) in [6.07, 6.45) is 0.751. The molecule has 0 saturated carbocycles. The lowest BCUT2D eigenvalue weighted by Gasteiger charge is -2.58. The molecule has 1 amide bonds. The van der Waals surface area contributed by atoms with Crippen LogP contribution < -0.4 is 0 Å². The minimum absolute atomic E-state index is 0.0584. The number of fused-ring (bicyclic) bond motifs is 1. The van der Waals surface area contributed by atoms with E-state index in [1.807, 2.05) is 13.8 Å². The Morgan fingerprint density at radius 1 is 1.38 bits per heavy atom. The van der Waals surface area contributed by atoms with Crippen LogP contribution in [0.4, 0.5) is 0 Å². The Labute approximate surface area is 151 Å². The van der Waals surface area contributed by atoms with Gasteiger partial charge in [0.2, 0.25) is 5.91 Å². The van der Waals surface area contributed by atoms with Gasteiger partial charge in [-0.3, -0.25) is 4.79 Å². The largest absolute Gasteiger partial charge is 0.480 e. The van der Waals surface area contributed by atoms with Crippen LogP contribution in [0, 0.1) is 11.3 Å². The number of carbonyl (C=O) groups excluding carboxylic acids is 1. The van der Waals surface area contributed by atoms with E-state index in [0.29, 0.717) is 0 Å². The number of aliphatic carboxylic acids is 1. The van der Waals surface area contributed by atoms with Crippen LogP contribution in [0.2, 0.25) is 13.1 Å². The van der Waals surface area contributed by atoms with Crippen LogP contribution in [0.25, 0.3) is 0 Å². The van der Waals surface area contributed by atoms with Gasteiger partial charge in [0.05, 0.1) is 16.9 Å². The highest BCUT2D eigenvalue weighted by atomic mass is 32.2. The van der Waals surface area contributed by atoms with Crippen LogP contribution in [0.3, 0.4) is 0 Å².